The third-order valence-electron chi connectivity index (χ3n) is 2.80. The van der Waals surface area contributed by atoms with E-state index in [1.54, 1.807) is 31.5 Å². The number of aromatic nitrogens is 1. The van der Waals surface area contributed by atoms with Gasteiger partial charge in [-0.05, 0) is 31.9 Å². The summed E-state index contributed by atoms with van der Waals surface area (Å²) in [5.41, 5.74) is 0.713. The SMILES string of the molecule is CC.CC(=O)C1C=CC(C)C=C1.CC(=O)c1ccncc1. The minimum absolute atomic E-state index is 0.0381. The molecule has 0 saturated heterocycles. The lowest BCUT2D eigenvalue weighted by molar-refractivity contribution is -0.118. The molecule has 3 heteroatoms. The van der Waals surface area contributed by atoms with E-state index in [2.05, 4.69) is 24.1 Å². The van der Waals surface area contributed by atoms with Crippen molar-refractivity contribution in [2.75, 3.05) is 0 Å². The van der Waals surface area contributed by atoms with Crippen LogP contribution in [0.5, 0.6) is 0 Å². The van der Waals surface area contributed by atoms with Gasteiger partial charge in [0.05, 0.1) is 5.92 Å². The Balaban J connectivity index is 0.000000342. The van der Waals surface area contributed by atoms with Gasteiger partial charge in [-0.3, -0.25) is 14.6 Å². The molecule has 0 bridgehead atoms. The summed E-state index contributed by atoms with van der Waals surface area (Å²) in [4.78, 5) is 25.2. The second-order valence-electron chi connectivity index (χ2n) is 4.56. The van der Waals surface area contributed by atoms with Crippen molar-refractivity contribution >= 4 is 11.6 Å². The fraction of sp³-hybridized carbons (Fsp3) is 0.389. The average molecular weight is 287 g/mol. The largest absolute Gasteiger partial charge is 0.299 e. The lowest BCUT2D eigenvalue weighted by Gasteiger charge is -2.09. The number of rotatable bonds is 2. The maximum atomic E-state index is 10.8. The van der Waals surface area contributed by atoms with Crippen molar-refractivity contribution in [3.8, 4) is 0 Å². The van der Waals surface area contributed by atoms with Crippen molar-refractivity contribution in [1.82, 2.24) is 4.98 Å². The lowest BCUT2D eigenvalue weighted by atomic mass is 9.95. The first kappa shape index (κ1) is 19.0. The standard InChI is InChI=1S/C9H12O.C7H7NO.C2H6/c1-7-3-5-9(6-4-7)8(2)10;1-6(9)7-2-4-8-5-3-7;1-2/h3-7,9H,1-2H3;2-5H,1H3;1-2H3. The number of ketones is 2. The molecule has 3 nitrogen and oxygen atoms in total. The molecule has 1 aromatic rings. The molecule has 1 aliphatic carbocycles. The van der Waals surface area contributed by atoms with E-state index in [-0.39, 0.29) is 17.5 Å². The van der Waals surface area contributed by atoms with Crippen LogP contribution >= 0.6 is 0 Å². The van der Waals surface area contributed by atoms with Crippen LogP contribution in [0, 0.1) is 11.8 Å². The zero-order valence-corrected chi connectivity index (χ0v) is 13.5. The third-order valence-corrected chi connectivity index (χ3v) is 2.80. The third kappa shape index (κ3) is 7.98. The Bertz CT molecular complexity index is 475. The highest BCUT2D eigenvalue weighted by Crippen LogP contribution is 2.14. The fourth-order valence-electron chi connectivity index (χ4n) is 1.58. The lowest BCUT2D eigenvalue weighted by Crippen LogP contribution is -2.07. The zero-order chi connectivity index (χ0) is 16.3. The number of pyridine rings is 1. The Morgan fingerprint density at radius 1 is 0.952 bits per heavy atom. The van der Waals surface area contributed by atoms with Crippen LogP contribution in [0.25, 0.3) is 0 Å². The van der Waals surface area contributed by atoms with Crippen molar-refractivity contribution in [2.45, 2.75) is 34.6 Å². The van der Waals surface area contributed by atoms with Crippen LogP contribution in [-0.2, 0) is 4.79 Å². The molecule has 0 atom stereocenters. The smallest absolute Gasteiger partial charge is 0.159 e. The van der Waals surface area contributed by atoms with Crippen LogP contribution in [0.3, 0.4) is 0 Å². The van der Waals surface area contributed by atoms with E-state index in [1.807, 2.05) is 26.0 Å². The Morgan fingerprint density at radius 3 is 1.76 bits per heavy atom. The normalized spacial score (nSPS) is 18.7. The Hall–Kier alpha value is -2.03. The first-order valence-corrected chi connectivity index (χ1v) is 7.28. The minimum atomic E-state index is 0.0381. The molecule has 0 aromatic carbocycles. The number of hydrogen-bond acceptors (Lipinski definition) is 3. The summed E-state index contributed by atoms with van der Waals surface area (Å²) in [6.45, 7) is 9.26. The molecule has 1 aromatic heterocycles. The van der Waals surface area contributed by atoms with Crippen molar-refractivity contribution in [3.63, 3.8) is 0 Å². The summed E-state index contributed by atoms with van der Waals surface area (Å²) >= 11 is 0. The van der Waals surface area contributed by atoms with Gasteiger partial charge in [0, 0.05) is 18.0 Å². The number of carbonyl (C=O) groups excluding carboxylic acids is 2. The van der Waals surface area contributed by atoms with Crippen molar-refractivity contribution < 1.29 is 9.59 Å². The molecule has 0 saturated carbocycles. The molecule has 0 N–H and O–H groups in total. The highest BCUT2D eigenvalue weighted by atomic mass is 16.1. The van der Waals surface area contributed by atoms with Crippen LogP contribution in [-0.4, -0.2) is 16.6 Å². The number of Topliss-reactive ketones (excluding diaryl/α,β-unsaturated/α-hetero) is 2. The van der Waals surface area contributed by atoms with Gasteiger partial charge >= 0.3 is 0 Å². The van der Waals surface area contributed by atoms with Gasteiger partial charge in [0.15, 0.2) is 5.78 Å². The molecular formula is C18H25NO2. The molecule has 0 radical (unpaired) electrons. The van der Waals surface area contributed by atoms with Crippen LogP contribution in [0.1, 0.15) is 45.0 Å². The summed E-state index contributed by atoms with van der Waals surface area (Å²) in [7, 11) is 0. The molecule has 1 heterocycles. The van der Waals surface area contributed by atoms with Crippen molar-refractivity contribution in [3.05, 3.63) is 54.4 Å². The van der Waals surface area contributed by atoms with Crippen LogP contribution in [0.2, 0.25) is 0 Å². The summed E-state index contributed by atoms with van der Waals surface area (Å²) in [5, 5.41) is 0. The van der Waals surface area contributed by atoms with Gasteiger partial charge in [-0.2, -0.15) is 0 Å². The minimum Gasteiger partial charge on any atom is -0.299 e. The first-order valence-electron chi connectivity index (χ1n) is 7.28. The first-order chi connectivity index (χ1) is 10.0. The van der Waals surface area contributed by atoms with E-state index in [4.69, 9.17) is 0 Å². The van der Waals surface area contributed by atoms with Gasteiger partial charge in [-0.25, -0.2) is 0 Å². The molecule has 21 heavy (non-hydrogen) atoms. The van der Waals surface area contributed by atoms with Gasteiger partial charge in [-0.15, -0.1) is 0 Å². The molecule has 0 aliphatic heterocycles. The van der Waals surface area contributed by atoms with Crippen LogP contribution in [0.15, 0.2) is 48.8 Å². The van der Waals surface area contributed by atoms with E-state index in [0.717, 1.165) is 0 Å². The number of allylic oxidation sites excluding steroid dienone is 4. The molecular weight excluding hydrogens is 262 g/mol. The maximum Gasteiger partial charge on any atom is 0.159 e. The Morgan fingerprint density at radius 2 is 1.43 bits per heavy atom. The number of hydrogen-bond donors (Lipinski definition) is 0. The van der Waals surface area contributed by atoms with E-state index in [0.29, 0.717) is 11.5 Å². The Kier molecular flexibility index (Phi) is 9.69. The van der Waals surface area contributed by atoms with Crippen LogP contribution in [0.4, 0.5) is 0 Å². The summed E-state index contributed by atoms with van der Waals surface area (Å²) in [6, 6.07) is 3.39. The number of nitrogens with zero attached hydrogens (tertiary/aromatic N) is 1. The van der Waals surface area contributed by atoms with Gasteiger partial charge in [-0.1, -0.05) is 45.1 Å². The van der Waals surface area contributed by atoms with E-state index in [1.165, 1.54) is 6.92 Å². The second-order valence-corrected chi connectivity index (χ2v) is 4.56. The van der Waals surface area contributed by atoms with Gasteiger partial charge in [0.1, 0.15) is 5.78 Å². The average Bonchev–Trinajstić information content (AvgIpc) is 2.51. The van der Waals surface area contributed by atoms with Crippen molar-refractivity contribution in [1.29, 1.82) is 0 Å². The molecule has 0 spiro atoms. The van der Waals surface area contributed by atoms with E-state index >= 15 is 0 Å². The molecule has 0 amide bonds. The van der Waals surface area contributed by atoms with Crippen LogP contribution < -0.4 is 0 Å². The molecule has 1 aliphatic rings. The molecule has 2 rings (SSSR count). The van der Waals surface area contributed by atoms with Gasteiger partial charge in [0.25, 0.3) is 0 Å². The maximum absolute atomic E-state index is 10.8. The highest BCUT2D eigenvalue weighted by Gasteiger charge is 2.09. The predicted octanol–water partition coefficient (Wildman–Crippen LogP) is 4.26. The van der Waals surface area contributed by atoms with E-state index in [9.17, 15) is 9.59 Å². The second kappa shape index (κ2) is 10.7. The Labute approximate surface area is 127 Å². The zero-order valence-electron chi connectivity index (χ0n) is 13.5. The quantitative estimate of drug-likeness (QED) is 0.603. The van der Waals surface area contributed by atoms with Gasteiger partial charge in [0.2, 0.25) is 0 Å². The molecule has 0 unspecified atom stereocenters. The van der Waals surface area contributed by atoms with Crippen molar-refractivity contribution in [2.24, 2.45) is 11.8 Å². The summed E-state index contributed by atoms with van der Waals surface area (Å²) in [6.07, 6.45) is 11.3. The molecule has 0 fully saturated rings. The monoisotopic (exact) mass is 287 g/mol. The summed E-state index contributed by atoms with van der Waals surface area (Å²) in [5.74, 6) is 0.837. The topological polar surface area (TPSA) is 47.0 Å². The van der Waals surface area contributed by atoms with E-state index < -0.39 is 0 Å². The highest BCUT2D eigenvalue weighted by molar-refractivity contribution is 5.93. The molecule has 114 valence electrons. The summed E-state index contributed by atoms with van der Waals surface area (Å²) < 4.78 is 0. The fourth-order valence-corrected chi connectivity index (χ4v) is 1.58. The predicted molar refractivity (Wildman–Crippen MR) is 87.2 cm³/mol. The number of carbonyl (C=O) groups is 2. The van der Waals surface area contributed by atoms with Gasteiger partial charge < -0.3 is 0 Å².